The van der Waals surface area contributed by atoms with Crippen LogP contribution in [0.2, 0.25) is 0 Å². The van der Waals surface area contributed by atoms with E-state index in [1.54, 1.807) is 22.8 Å². The SMILES string of the molecule is CCOc1nc2cccc(C(=O)OC(C)OC(=O)OC3CCCCC3)c2n1Cc1ccc(-c2ccccc2-c2nnn(C(=O)CCCON(O)O)n2)cc1. The van der Waals surface area contributed by atoms with Gasteiger partial charge in [0.25, 0.3) is 11.9 Å². The standard InChI is InChI=1S/C37H41N7O10/c1-3-50-36-38-31-16-9-15-30(35(46)52-24(2)53-37(47)54-27-11-5-4-6-12-27)33(31)42(36)23-25-18-20-26(21-19-25)28-13-7-8-14-29(28)34-39-41-43(40-34)32(45)17-10-22-51-44(48)49/h7-9,13-16,18-21,24,27,48-49H,3-6,10-12,17,22-23H2,1-2H3. The van der Waals surface area contributed by atoms with E-state index in [2.05, 4.69) is 25.2 Å². The summed E-state index contributed by atoms with van der Waals surface area (Å²) >= 11 is 0. The smallest absolute Gasteiger partial charge is 0.465 e. The zero-order valence-electron chi connectivity index (χ0n) is 29.9. The Labute approximate surface area is 309 Å². The lowest BCUT2D eigenvalue weighted by atomic mass is 9.98. The second-order valence-electron chi connectivity index (χ2n) is 12.5. The van der Waals surface area contributed by atoms with Crippen molar-refractivity contribution in [1.29, 1.82) is 0 Å². The third-order valence-corrected chi connectivity index (χ3v) is 8.73. The number of ether oxygens (including phenoxy) is 4. The number of rotatable bonds is 15. The van der Waals surface area contributed by atoms with Crippen molar-refractivity contribution in [2.24, 2.45) is 0 Å². The fourth-order valence-corrected chi connectivity index (χ4v) is 6.24. The number of tetrazole rings is 1. The highest BCUT2D eigenvalue weighted by Crippen LogP contribution is 2.32. The van der Waals surface area contributed by atoms with Crippen molar-refractivity contribution in [2.45, 2.75) is 77.7 Å². The number of hydrogen-bond donors (Lipinski definition) is 2. The van der Waals surface area contributed by atoms with E-state index >= 15 is 0 Å². The molecular formula is C37H41N7O10. The van der Waals surface area contributed by atoms with Crippen LogP contribution in [0.15, 0.2) is 66.7 Å². The van der Waals surface area contributed by atoms with Gasteiger partial charge < -0.3 is 18.9 Å². The van der Waals surface area contributed by atoms with E-state index < -0.39 is 29.7 Å². The van der Waals surface area contributed by atoms with Crippen LogP contribution in [0.1, 0.15) is 79.5 Å². The van der Waals surface area contributed by atoms with E-state index in [1.807, 2.05) is 55.5 Å². The first-order valence-electron chi connectivity index (χ1n) is 17.7. The van der Waals surface area contributed by atoms with Crippen molar-refractivity contribution in [2.75, 3.05) is 13.2 Å². The van der Waals surface area contributed by atoms with Crippen LogP contribution >= 0.6 is 0 Å². The van der Waals surface area contributed by atoms with Crippen molar-refractivity contribution < 1.29 is 48.6 Å². The summed E-state index contributed by atoms with van der Waals surface area (Å²) in [5, 5.41) is 29.2. The molecule has 54 heavy (non-hydrogen) atoms. The van der Waals surface area contributed by atoms with Crippen LogP contribution in [0.5, 0.6) is 6.01 Å². The number of benzene rings is 3. The monoisotopic (exact) mass is 743 g/mol. The Kier molecular flexibility index (Phi) is 12.6. The topological polar surface area (TPSA) is 202 Å². The summed E-state index contributed by atoms with van der Waals surface area (Å²) in [7, 11) is 0. The highest BCUT2D eigenvalue weighted by Gasteiger charge is 2.25. The van der Waals surface area contributed by atoms with Crippen LogP contribution < -0.4 is 4.74 Å². The van der Waals surface area contributed by atoms with Crippen LogP contribution in [0, 0.1) is 0 Å². The van der Waals surface area contributed by atoms with E-state index in [0.717, 1.165) is 53.6 Å². The first-order chi connectivity index (χ1) is 26.2. The van der Waals surface area contributed by atoms with Gasteiger partial charge in [0, 0.05) is 18.9 Å². The van der Waals surface area contributed by atoms with Crippen molar-refractivity contribution in [1.82, 2.24) is 35.1 Å². The molecule has 2 heterocycles. The van der Waals surface area contributed by atoms with Gasteiger partial charge in [-0.2, -0.15) is 4.98 Å². The molecule has 17 heteroatoms. The number of carbonyl (C=O) groups excluding carboxylic acids is 3. The summed E-state index contributed by atoms with van der Waals surface area (Å²) in [6.07, 6.45) is 2.63. The van der Waals surface area contributed by atoms with Gasteiger partial charge in [-0.15, -0.1) is 10.2 Å². The fourth-order valence-electron chi connectivity index (χ4n) is 6.24. The number of fused-ring (bicyclic) bond motifs is 1. The lowest BCUT2D eigenvalue weighted by Crippen LogP contribution is -2.26. The molecule has 0 bridgehead atoms. The molecule has 1 atom stereocenters. The Morgan fingerprint density at radius 1 is 0.944 bits per heavy atom. The van der Waals surface area contributed by atoms with Crippen molar-refractivity contribution in [3.63, 3.8) is 0 Å². The zero-order chi connectivity index (χ0) is 38.0. The van der Waals surface area contributed by atoms with Gasteiger partial charge in [0.1, 0.15) is 6.10 Å². The summed E-state index contributed by atoms with van der Waals surface area (Å²) in [6.45, 7) is 3.86. The number of aromatic nitrogens is 6. The molecule has 0 spiro atoms. The van der Waals surface area contributed by atoms with E-state index in [-0.39, 0.29) is 36.9 Å². The van der Waals surface area contributed by atoms with E-state index in [9.17, 15) is 14.4 Å². The van der Waals surface area contributed by atoms with Gasteiger partial charge in [0.2, 0.25) is 12.1 Å². The first-order valence-corrected chi connectivity index (χ1v) is 17.7. The maximum Gasteiger partial charge on any atom is 0.511 e. The van der Waals surface area contributed by atoms with Gasteiger partial charge in [-0.05, 0) is 73.1 Å². The van der Waals surface area contributed by atoms with Gasteiger partial charge >= 0.3 is 12.1 Å². The Balaban J connectivity index is 1.18. The Hall–Kier alpha value is -5.75. The molecular weight excluding hydrogens is 702 g/mol. The molecule has 0 aliphatic heterocycles. The summed E-state index contributed by atoms with van der Waals surface area (Å²) in [6, 6.07) is 20.6. The Morgan fingerprint density at radius 2 is 1.70 bits per heavy atom. The molecule has 6 rings (SSSR count). The third kappa shape index (κ3) is 9.42. The normalized spacial score (nSPS) is 13.9. The van der Waals surface area contributed by atoms with Crippen LogP contribution in [-0.4, -0.2) is 89.2 Å². The van der Waals surface area contributed by atoms with Crippen molar-refractivity contribution >= 4 is 29.1 Å². The van der Waals surface area contributed by atoms with Crippen molar-refractivity contribution in [3.05, 3.63) is 77.9 Å². The van der Waals surface area contributed by atoms with Gasteiger partial charge in [-0.25, -0.2) is 9.59 Å². The second-order valence-corrected chi connectivity index (χ2v) is 12.5. The van der Waals surface area contributed by atoms with Gasteiger partial charge in [0.15, 0.2) is 0 Å². The predicted molar refractivity (Wildman–Crippen MR) is 189 cm³/mol. The quantitative estimate of drug-likeness (QED) is 0.0529. The van der Waals surface area contributed by atoms with Gasteiger partial charge in [0.05, 0.1) is 41.7 Å². The fraction of sp³-hybridized carbons (Fsp3) is 0.378. The number of carbonyl (C=O) groups is 3. The van der Waals surface area contributed by atoms with E-state index in [0.29, 0.717) is 35.8 Å². The predicted octanol–water partition coefficient (Wildman–Crippen LogP) is 6.22. The minimum atomic E-state index is -1.19. The number of esters is 1. The van der Waals surface area contributed by atoms with Gasteiger partial charge in [-0.3, -0.25) is 24.6 Å². The molecule has 0 amide bonds. The Bertz CT molecular complexity index is 2060. The number of imidazole rings is 1. The maximum atomic E-state index is 13.5. The van der Waals surface area contributed by atoms with Crippen LogP contribution in [0.3, 0.4) is 0 Å². The number of para-hydroxylation sites is 1. The molecule has 0 radical (unpaired) electrons. The molecule has 2 N–H and O–H groups in total. The largest absolute Gasteiger partial charge is 0.511 e. The summed E-state index contributed by atoms with van der Waals surface area (Å²) < 4.78 is 23.9. The first kappa shape index (κ1) is 38.0. The highest BCUT2D eigenvalue weighted by atomic mass is 17.1. The average molecular weight is 744 g/mol. The molecule has 5 aromatic rings. The summed E-state index contributed by atoms with van der Waals surface area (Å²) in [4.78, 5) is 48.4. The van der Waals surface area contributed by atoms with Gasteiger partial charge in [-0.1, -0.05) is 65.8 Å². The molecule has 1 fully saturated rings. The summed E-state index contributed by atoms with van der Waals surface area (Å²) in [5.41, 5.74) is 4.45. The molecule has 2 aromatic heterocycles. The lowest BCUT2D eigenvalue weighted by molar-refractivity contribution is -0.492. The van der Waals surface area contributed by atoms with Crippen LogP contribution in [0.25, 0.3) is 33.5 Å². The molecule has 1 saturated carbocycles. The molecule has 1 aliphatic carbocycles. The minimum Gasteiger partial charge on any atom is -0.465 e. The van der Waals surface area contributed by atoms with E-state index in [4.69, 9.17) is 29.4 Å². The molecule has 1 aliphatic rings. The second kappa shape index (κ2) is 17.8. The molecule has 1 unspecified atom stereocenters. The van der Waals surface area contributed by atoms with Crippen LogP contribution in [-0.2, 0) is 25.6 Å². The minimum absolute atomic E-state index is 0.00302. The van der Waals surface area contributed by atoms with Crippen molar-refractivity contribution in [3.8, 4) is 28.5 Å². The highest BCUT2D eigenvalue weighted by molar-refractivity contribution is 6.02. The lowest BCUT2D eigenvalue weighted by Gasteiger charge is -2.22. The maximum absolute atomic E-state index is 13.5. The molecule has 3 aromatic carbocycles. The van der Waals surface area contributed by atoms with E-state index in [1.165, 1.54) is 6.92 Å². The molecule has 0 saturated heterocycles. The zero-order valence-corrected chi connectivity index (χ0v) is 29.9. The molecule has 17 nitrogen and oxygen atoms in total. The van der Waals surface area contributed by atoms with Crippen LogP contribution in [0.4, 0.5) is 4.79 Å². The number of hydrogen-bond acceptors (Lipinski definition) is 15. The number of nitrogens with zero attached hydrogens (tertiary/aromatic N) is 7. The Morgan fingerprint density at radius 3 is 2.44 bits per heavy atom. The molecule has 284 valence electrons. The third-order valence-electron chi connectivity index (χ3n) is 8.73. The average Bonchev–Trinajstić information content (AvgIpc) is 3.79. The summed E-state index contributed by atoms with van der Waals surface area (Å²) in [5.74, 6) is -0.882.